The van der Waals surface area contributed by atoms with Gasteiger partial charge in [0.15, 0.2) is 0 Å². The van der Waals surface area contributed by atoms with Crippen LogP contribution in [-0.4, -0.2) is 9.91 Å². The number of aromatic nitrogens is 1. The fourth-order valence-electron chi connectivity index (χ4n) is 1.75. The molecule has 0 aliphatic carbocycles. The van der Waals surface area contributed by atoms with Crippen LogP contribution in [0.4, 0.5) is 18.9 Å². The van der Waals surface area contributed by atoms with Crippen LogP contribution in [0.1, 0.15) is 11.3 Å². The van der Waals surface area contributed by atoms with Gasteiger partial charge in [-0.2, -0.15) is 13.2 Å². The summed E-state index contributed by atoms with van der Waals surface area (Å²) in [5.74, 6) is 0. The number of pyridine rings is 1. The van der Waals surface area contributed by atoms with Crippen molar-refractivity contribution in [3.63, 3.8) is 0 Å². The summed E-state index contributed by atoms with van der Waals surface area (Å²) in [6.07, 6.45) is -4.66. The first-order valence-electron chi connectivity index (χ1n) is 5.03. The van der Waals surface area contributed by atoms with Crippen LogP contribution in [0.25, 0.3) is 10.9 Å². The standard InChI is InChI=1S/C11H6ClF3N2O2/c1-5-2-3-7-9(10(5)17(18)19)6(12)4-8(16-7)11(13,14)15/h2-4H,1H3. The lowest BCUT2D eigenvalue weighted by atomic mass is 10.1. The van der Waals surface area contributed by atoms with Crippen molar-refractivity contribution in [2.45, 2.75) is 13.1 Å². The predicted octanol–water partition coefficient (Wildman–Crippen LogP) is 4.12. The lowest BCUT2D eigenvalue weighted by Crippen LogP contribution is -2.08. The Morgan fingerprint density at radius 2 is 2.00 bits per heavy atom. The molecule has 0 amide bonds. The molecule has 0 N–H and O–H groups in total. The molecule has 0 bridgehead atoms. The number of fused-ring (bicyclic) bond motifs is 1. The zero-order valence-electron chi connectivity index (χ0n) is 9.45. The molecule has 1 aromatic heterocycles. The number of nitro benzene ring substituents is 1. The van der Waals surface area contributed by atoms with E-state index in [4.69, 9.17) is 11.6 Å². The van der Waals surface area contributed by atoms with Crippen molar-refractivity contribution in [1.82, 2.24) is 4.98 Å². The van der Waals surface area contributed by atoms with E-state index < -0.39 is 16.8 Å². The lowest BCUT2D eigenvalue weighted by Gasteiger charge is -2.09. The summed E-state index contributed by atoms with van der Waals surface area (Å²) in [6, 6.07) is 3.21. The molecule has 0 aliphatic rings. The highest BCUT2D eigenvalue weighted by Crippen LogP contribution is 2.37. The van der Waals surface area contributed by atoms with Gasteiger partial charge in [-0.05, 0) is 19.1 Å². The van der Waals surface area contributed by atoms with Gasteiger partial charge in [-0.3, -0.25) is 10.1 Å². The maximum Gasteiger partial charge on any atom is 0.433 e. The maximum atomic E-state index is 12.6. The van der Waals surface area contributed by atoms with Gasteiger partial charge in [0.2, 0.25) is 0 Å². The smallest absolute Gasteiger partial charge is 0.258 e. The Bertz CT molecular complexity index is 686. The lowest BCUT2D eigenvalue weighted by molar-refractivity contribution is -0.383. The summed E-state index contributed by atoms with van der Waals surface area (Å²) >= 11 is 5.74. The van der Waals surface area contributed by atoms with Gasteiger partial charge in [-0.25, -0.2) is 4.98 Å². The zero-order valence-corrected chi connectivity index (χ0v) is 10.2. The second kappa shape index (κ2) is 4.34. The molecule has 2 aromatic rings. The average molecular weight is 291 g/mol. The quantitative estimate of drug-likeness (QED) is 0.586. The molecule has 2 rings (SSSR count). The predicted molar refractivity (Wildman–Crippen MR) is 63.1 cm³/mol. The highest BCUT2D eigenvalue weighted by molar-refractivity contribution is 6.36. The van der Waals surface area contributed by atoms with Gasteiger partial charge in [-0.15, -0.1) is 0 Å². The summed E-state index contributed by atoms with van der Waals surface area (Å²) in [4.78, 5) is 13.7. The first-order valence-corrected chi connectivity index (χ1v) is 5.41. The number of aryl methyl sites for hydroxylation is 1. The number of hydrogen-bond acceptors (Lipinski definition) is 3. The van der Waals surface area contributed by atoms with Crippen molar-refractivity contribution in [3.05, 3.63) is 44.6 Å². The van der Waals surface area contributed by atoms with Crippen LogP contribution < -0.4 is 0 Å². The Morgan fingerprint density at radius 3 is 2.53 bits per heavy atom. The normalized spacial score (nSPS) is 11.8. The molecule has 8 heteroatoms. The average Bonchev–Trinajstić information content (AvgIpc) is 2.27. The number of benzene rings is 1. The van der Waals surface area contributed by atoms with Crippen LogP contribution in [0, 0.1) is 17.0 Å². The third-order valence-corrected chi connectivity index (χ3v) is 2.87. The van der Waals surface area contributed by atoms with E-state index in [2.05, 4.69) is 4.98 Å². The Kier molecular flexibility index (Phi) is 3.09. The molecule has 0 radical (unpaired) electrons. The summed E-state index contributed by atoms with van der Waals surface area (Å²) in [6.45, 7) is 1.48. The Hall–Kier alpha value is -1.89. The van der Waals surface area contributed by atoms with E-state index in [-0.39, 0.29) is 21.6 Å². The third-order valence-electron chi connectivity index (χ3n) is 2.57. The summed E-state index contributed by atoms with van der Waals surface area (Å²) in [5.41, 5.74) is -1.36. The van der Waals surface area contributed by atoms with Crippen molar-refractivity contribution in [3.8, 4) is 0 Å². The van der Waals surface area contributed by atoms with Crippen LogP contribution in [0.2, 0.25) is 5.02 Å². The highest BCUT2D eigenvalue weighted by Gasteiger charge is 2.34. The molecule has 1 aromatic carbocycles. The van der Waals surface area contributed by atoms with Gasteiger partial charge in [0.25, 0.3) is 5.69 Å². The maximum absolute atomic E-state index is 12.6. The summed E-state index contributed by atoms with van der Waals surface area (Å²) in [5, 5.41) is 10.5. The van der Waals surface area contributed by atoms with Crippen molar-refractivity contribution in [2.75, 3.05) is 0 Å². The van der Waals surface area contributed by atoms with Gasteiger partial charge >= 0.3 is 6.18 Å². The molecule has 1 heterocycles. The molecule has 0 atom stereocenters. The molecule has 0 fully saturated rings. The molecular weight excluding hydrogens is 285 g/mol. The van der Waals surface area contributed by atoms with Crippen molar-refractivity contribution in [1.29, 1.82) is 0 Å². The van der Waals surface area contributed by atoms with Crippen LogP contribution in [0.5, 0.6) is 0 Å². The van der Waals surface area contributed by atoms with E-state index in [1.54, 1.807) is 0 Å². The van der Waals surface area contributed by atoms with Crippen molar-refractivity contribution < 1.29 is 18.1 Å². The molecule has 0 saturated carbocycles. The number of alkyl halides is 3. The van der Waals surface area contributed by atoms with Gasteiger partial charge in [0.05, 0.1) is 20.8 Å². The highest BCUT2D eigenvalue weighted by atomic mass is 35.5. The number of nitrogens with zero attached hydrogens (tertiary/aromatic N) is 2. The van der Waals surface area contributed by atoms with Gasteiger partial charge in [-0.1, -0.05) is 17.7 Å². The fraction of sp³-hybridized carbons (Fsp3) is 0.182. The molecule has 0 spiro atoms. The Labute approximate surface area is 110 Å². The largest absolute Gasteiger partial charge is 0.433 e. The summed E-state index contributed by atoms with van der Waals surface area (Å²) in [7, 11) is 0. The minimum atomic E-state index is -4.66. The fourth-order valence-corrected chi connectivity index (χ4v) is 2.04. The minimum absolute atomic E-state index is 0.0836. The molecular formula is C11H6ClF3N2O2. The van der Waals surface area contributed by atoms with Crippen LogP contribution in [0.15, 0.2) is 18.2 Å². The van der Waals surface area contributed by atoms with Crippen LogP contribution in [-0.2, 0) is 6.18 Å². The monoisotopic (exact) mass is 290 g/mol. The van der Waals surface area contributed by atoms with Crippen LogP contribution in [0.3, 0.4) is 0 Å². The topological polar surface area (TPSA) is 56.0 Å². The van der Waals surface area contributed by atoms with E-state index in [9.17, 15) is 23.3 Å². The number of halogens is 4. The molecule has 0 unspecified atom stereocenters. The second-order valence-electron chi connectivity index (χ2n) is 3.87. The number of rotatable bonds is 1. The first-order chi connectivity index (χ1) is 8.71. The Morgan fingerprint density at radius 1 is 1.37 bits per heavy atom. The molecule has 19 heavy (non-hydrogen) atoms. The van der Waals surface area contributed by atoms with Gasteiger partial charge in [0.1, 0.15) is 5.69 Å². The molecule has 100 valence electrons. The Balaban J connectivity index is 2.87. The van der Waals surface area contributed by atoms with Gasteiger partial charge < -0.3 is 0 Å². The molecule has 0 saturated heterocycles. The number of hydrogen-bond donors (Lipinski definition) is 0. The van der Waals surface area contributed by atoms with Crippen molar-refractivity contribution in [2.24, 2.45) is 0 Å². The summed E-state index contributed by atoms with van der Waals surface area (Å²) < 4.78 is 37.7. The van der Waals surface area contributed by atoms with E-state index in [1.165, 1.54) is 19.1 Å². The second-order valence-corrected chi connectivity index (χ2v) is 4.28. The van der Waals surface area contributed by atoms with Crippen LogP contribution >= 0.6 is 11.6 Å². The first kappa shape index (κ1) is 13.5. The van der Waals surface area contributed by atoms with Gasteiger partial charge in [0, 0.05) is 5.56 Å². The molecule has 4 nitrogen and oxygen atoms in total. The van der Waals surface area contributed by atoms with Crippen molar-refractivity contribution >= 4 is 28.2 Å². The van der Waals surface area contributed by atoms with E-state index in [0.717, 1.165) is 0 Å². The third kappa shape index (κ3) is 2.33. The van der Waals surface area contributed by atoms with E-state index >= 15 is 0 Å². The zero-order chi connectivity index (χ0) is 14.4. The minimum Gasteiger partial charge on any atom is -0.258 e. The SMILES string of the molecule is Cc1ccc2nc(C(F)(F)F)cc(Cl)c2c1[N+](=O)[O-]. The van der Waals surface area contributed by atoms with E-state index in [1.807, 2.05) is 0 Å². The number of nitro groups is 1. The van der Waals surface area contributed by atoms with E-state index in [0.29, 0.717) is 11.6 Å². The molecule has 0 aliphatic heterocycles.